The predicted molar refractivity (Wildman–Crippen MR) is 132 cm³/mol. The van der Waals surface area contributed by atoms with Gasteiger partial charge in [0.25, 0.3) is 5.91 Å². The number of nitrogens with one attached hydrogen (secondary N) is 2. The first-order valence-electron chi connectivity index (χ1n) is 11.9. The molecule has 1 aliphatic carbocycles. The molecule has 37 heavy (non-hydrogen) atoms. The van der Waals surface area contributed by atoms with Crippen molar-refractivity contribution in [3.8, 4) is 0 Å². The number of anilines is 1. The van der Waals surface area contributed by atoms with Crippen LogP contribution in [0.2, 0.25) is 0 Å². The van der Waals surface area contributed by atoms with Crippen molar-refractivity contribution in [2.24, 2.45) is 0 Å². The third-order valence-electron chi connectivity index (χ3n) is 7.02. The number of hydrogen-bond donors (Lipinski definition) is 2. The van der Waals surface area contributed by atoms with Crippen LogP contribution in [-0.2, 0) is 29.0 Å². The second kappa shape index (κ2) is 9.79. The number of benzene rings is 2. The van der Waals surface area contributed by atoms with E-state index in [1.807, 2.05) is 13.8 Å². The van der Waals surface area contributed by atoms with Crippen LogP contribution in [0.1, 0.15) is 30.5 Å². The normalized spacial score (nSPS) is 18.3. The molecule has 2 aromatic carbocycles. The number of carbonyl (C=O) groups excluding carboxylic acids is 4. The van der Waals surface area contributed by atoms with Crippen LogP contribution in [0, 0.1) is 11.6 Å². The van der Waals surface area contributed by atoms with E-state index in [-0.39, 0.29) is 30.6 Å². The van der Waals surface area contributed by atoms with Crippen molar-refractivity contribution >= 4 is 29.6 Å². The Bertz CT molecular complexity index is 1260. The molecule has 1 saturated heterocycles. The first-order valence-corrected chi connectivity index (χ1v) is 11.9. The number of urea groups is 2. The van der Waals surface area contributed by atoms with Gasteiger partial charge in [-0.25, -0.2) is 18.4 Å². The smallest absolute Gasteiger partial charge is 0.324 e. The molecule has 1 aliphatic heterocycles. The zero-order valence-electron chi connectivity index (χ0n) is 21.1. The van der Waals surface area contributed by atoms with Crippen molar-refractivity contribution in [3.63, 3.8) is 0 Å². The highest BCUT2D eigenvalue weighted by atomic mass is 19.1. The van der Waals surface area contributed by atoms with E-state index in [1.165, 1.54) is 14.7 Å². The number of hydrogen-bond acceptors (Lipinski definition) is 4. The molecule has 0 bridgehead atoms. The van der Waals surface area contributed by atoms with Gasteiger partial charge in [-0.15, -0.1) is 0 Å². The third-order valence-corrected chi connectivity index (χ3v) is 7.02. The van der Waals surface area contributed by atoms with Crippen molar-refractivity contribution in [2.75, 3.05) is 26.0 Å². The number of nitrogens with zero attached hydrogens (tertiary/aromatic N) is 3. The summed E-state index contributed by atoms with van der Waals surface area (Å²) in [7, 11) is 3.17. The van der Waals surface area contributed by atoms with E-state index in [0.717, 1.165) is 29.3 Å². The summed E-state index contributed by atoms with van der Waals surface area (Å²) in [6.07, 6.45) is 0.688. The van der Waals surface area contributed by atoms with Crippen LogP contribution in [0.4, 0.5) is 24.1 Å². The van der Waals surface area contributed by atoms with Gasteiger partial charge in [-0.1, -0.05) is 6.07 Å². The van der Waals surface area contributed by atoms with Crippen molar-refractivity contribution < 1.29 is 28.0 Å². The maximum Gasteiger partial charge on any atom is 0.324 e. The monoisotopic (exact) mass is 513 g/mol. The van der Waals surface area contributed by atoms with Crippen molar-refractivity contribution in [1.29, 1.82) is 0 Å². The lowest BCUT2D eigenvalue weighted by Crippen LogP contribution is -2.48. The van der Waals surface area contributed by atoms with Crippen LogP contribution in [-0.4, -0.2) is 70.8 Å². The number of imide groups is 1. The van der Waals surface area contributed by atoms with Crippen LogP contribution in [0.15, 0.2) is 36.4 Å². The molecular formula is C26H29F2N5O4. The van der Waals surface area contributed by atoms with Crippen molar-refractivity contribution in [1.82, 2.24) is 20.0 Å². The number of amides is 6. The van der Waals surface area contributed by atoms with Crippen LogP contribution >= 0.6 is 0 Å². The minimum atomic E-state index is -0.979. The van der Waals surface area contributed by atoms with Crippen LogP contribution < -0.4 is 10.6 Å². The summed E-state index contributed by atoms with van der Waals surface area (Å²) >= 11 is 0. The molecule has 4 rings (SSSR count). The molecule has 0 saturated carbocycles. The SMILES string of the molecule is CC(C)N(C)C(=O)N(CC(=O)Nc1ccc2c(c1)CC1(C2)C(=O)NC(=O)N1C)Cc1cc(F)cc(F)c1. The molecule has 2 aromatic rings. The van der Waals surface area contributed by atoms with Gasteiger partial charge < -0.3 is 20.0 Å². The van der Waals surface area contributed by atoms with Gasteiger partial charge in [0.05, 0.1) is 0 Å². The van der Waals surface area contributed by atoms with Gasteiger partial charge in [0.2, 0.25) is 5.91 Å². The highest BCUT2D eigenvalue weighted by Crippen LogP contribution is 2.38. The Kier molecular flexibility index (Phi) is 6.90. The van der Waals surface area contributed by atoms with Gasteiger partial charge in [-0.2, -0.15) is 0 Å². The summed E-state index contributed by atoms with van der Waals surface area (Å²) in [5.74, 6) is -2.40. The molecule has 1 spiro atoms. The molecule has 11 heteroatoms. The Labute approximate surface area is 213 Å². The molecule has 196 valence electrons. The summed E-state index contributed by atoms with van der Waals surface area (Å²) in [6.45, 7) is 3.10. The van der Waals surface area contributed by atoms with Crippen LogP contribution in [0.3, 0.4) is 0 Å². The molecule has 9 nitrogen and oxygen atoms in total. The van der Waals surface area contributed by atoms with E-state index in [2.05, 4.69) is 10.6 Å². The Hall–Kier alpha value is -4.02. The maximum absolute atomic E-state index is 13.7. The number of likely N-dealkylation sites (N-methyl/N-ethyl adjacent to an activating group) is 1. The molecule has 0 radical (unpaired) electrons. The molecular weight excluding hydrogens is 484 g/mol. The van der Waals surface area contributed by atoms with Gasteiger partial charge in [0.15, 0.2) is 0 Å². The molecule has 1 fully saturated rings. The molecule has 1 unspecified atom stereocenters. The zero-order valence-corrected chi connectivity index (χ0v) is 21.1. The zero-order chi connectivity index (χ0) is 27.1. The Morgan fingerprint density at radius 1 is 1.08 bits per heavy atom. The van der Waals surface area contributed by atoms with Gasteiger partial charge in [0.1, 0.15) is 23.7 Å². The van der Waals surface area contributed by atoms with Gasteiger partial charge in [-0.3, -0.25) is 14.9 Å². The number of carbonyl (C=O) groups is 4. The Balaban J connectivity index is 1.49. The Morgan fingerprint density at radius 2 is 1.73 bits per heavy atom. The van der Waals surface area contributed by atoms with E-state index in [1.54, 1.807) is 32.3 Å². The van der Waals surface area contributed by atoms with Crippen LogP contribution in [0.5, 0.6) is 0 Å². The predicted octanol–water partition coefficient (Wildman–Crippen LogP) is 2.88. The lowest BCUT2D eigenvalue weighted by molar-refractivity contribution is -0.125. The van der Waals surface area contributed by atoms with E-state index < -0.39 is 35.1 Å². The quantitative estimate of drug-likeness (QED) is 0.580. The summed E-state index contributed by atoms with van der Waals surface area (Å²) in [4.78, 5) is 54.5. The Morgan fingerprint density at radius 3 is 2.32 bits per heavy atom. The number of rotatable bonds is 6. The average Bonchev–Trinajstić information content (AvgIpc) is 3.29. The second-order valence-corrected chi connectivity index (χ2v) is 9.86. The molecule has 6 amide bonds. The van der Waals surface area contributed by atoms with E-state index in [4.69, 9.17) is 0 Å². The number of fused-ring (bicyclic) bond motifs is 1. The molecule has 2 N–H and O–H groups in total. The molecule has 0 aromatic heterocycles. The maximum atomic E-state index is 13.7. The molecule has 1 atom stereocenters. The topological polar surface area (TPSA) is 102 Å². The fraction of sp³-hybridized carbons (Fsp3) is 0.385. The number of halogens is 2. The van der Waals surface area contributed by atoms with Gasteiger partial charge in [0, 0.05) is 51.3 Å². The van der Waals surface area contributed by atoms with Crippen molar-refractivity contribution in [2.45, 2.75) is 44.8 Å². The largest absolute Gasteiger partial charge is 0.325 e. The summed E-state index contributed by atoms with van der Waals surface area (Å²) in [5.41, 5.74) is 1.43. The fourth-order valence-corrected chi connectivity index (χ4v) is 4.71. The highest BCUT2D eigenvalue weighted by Gasteiger charge is 2.54. The van der Waals surface area contributed by atoms with Crippen molar-refractivity contribution in [3.05, 3.63) is 64.7 Å². The fourth-order valence-electron chi connectivity index (χ4n) is 4.71. The first kappa shape index (κ1) is 26.1. The van der Waals surface area contributed by atoms with E-state index >= 15 is 0 Å². The van der Waals surface area contributed by atoms with E-state index in [9.17, 15) is 28.0 Å². The standard InChI is InChI=1S/C26H29F2N5O4/c1-15(2)31(3)25(37)33(13-16-7-19(27)10-20(28)8-16)14-22(34)29-21-6-5-17-11-26(12-18(17)9-21)23(35)30-24(36)32(26)4/h5-10,15H,11-14H2,1-4H3,(H,29,34)(H,30,35,36). The lowest BCUT2D eigenvalue weighted by atomic mass is 9.95. The minimum Gasteiger partial charge on any atom is -0.325 e. The molecule has 2 aliphatic rings. The van der Waals surface area contributed by atoms with Gasteiger partial charge in [-0.05, 0) is 54.8 Å². The summed E-state index contributed by atoms with van der Waals surface area (Å²) in [5, 5.41) is 5.11. The first-order chi connectivity index (χ1) is 17.4. The second-order valence-electron chi connectivity index (χ2n) is 9.86. The van der Waals surface area contributed by atoms with Crippen LogP contribution in [0.25, 0.3) is 0 Å². The highest BCUT2D eigenvalue weighted by molar-refractivity contribution is 6.07. The van der Waals surface area contributed by atoms with E-state index in [0.29, 0.717) is 18.5 Å². The lowest BCUT2D eigenvalue weighted by Gasteiger charge is -2.30. The average molecular weight is 514 g/mol. The van der Waals surface area contributed by atoms with Gasteiger partial charge >= 0.3 is 12.1 Å². The third kappa shape index (κ3) is 5.11. The molecule has 1 heterocycles. The summed E-state index contributed by atoms with van der Waals surface area (Å²) < 4.78 is 27.5. The minimum absolute atomic E-state index is 0.163. The summed E-state index contributed by atoms with van der Waals surface area (Å²) in [6, 6.07) is 7.15.